The lowest BCUT2D eigenvalue weighted by Gasteiger charge is -2.17. The van der Waals surface area contributed by atoms with Crippen molar-refractivity contribution >= 4 is 40.0 Å². The van der Waals surface area contributed by atoms with Crippen molar-refractivity contribution in [3.8, 4) is 0 Å². The third-order valence-electron chi connectivity index (χ3n) is 4.41. The normalized spacial score (nSPS) is 12.7. The lowest BCUT2D eigenvalue weighted by molar-refractivity contribution is 0.579. The molecule has 2 aromatic carbocycles. The molecule has 8 heteroatoms. The number of sulfonamides is 1. The number of aliphatic imine (C=N–C) groups is 1. The smallest absolute Gasteiger partial charge is 0.213 e. The average Bonchev–Trinajstić information content (AvgIpc) is 2.69. The Balaban J connectivity index is 0.00000420. The highest BCUT2D eigenvalue weighted by molar-refractivity contribution is 14.0. The van der Waals surface area contributed by atoms with Crippen molar-refractivity contribution in [3.05, 3.63) is 71.3 Å². The Bertz CT molecular complexity index is 873. The van der Waals surface area contributed by atoms with Crippen LogP contribution in [0.5, 0.6) is 0 Å². The Morgan fingerprint density at radius 1 is 1.07 bits per heavy atom. The molecule has 1 unspecified atom stereocenters. The van der Waals surface area contributed by atoms with Gasteiger partial charge < -0.3 is 10.6 Å². The summed E-state index contributed by atoms with van der Waals surface area (Å²) in [5, 5.41) is 6.32. The first-order valence-electron chi connectivity index (χ1n) is 9.42. The minimum atomic E-state index is -3.36. The van der Waals surface area contributed by atoms with Crippen LogP contribution >= 0.6 is 24.0 Å². The lowest BCUT2D eigenvalue weighted by atomic mass is 9.99. The van der Waals surface area contributed by atoms with Crippen LogP contribution in [-0.4, -0.2) is 40.3 Å². The van der Waals surface area contributed by atoms with Crippen molar-refractivity contribution in [2.45, 2.75) is 26.3 Å². The summed E-state index contributed by atoms with van der Waals surface area (Å²) in [4.78, 5) is 4.16. The number of nitrogens with zero attached hydrogens (tertiary/aromatic N) is 1. The number of rotatable bonds is 9. The Morgan fingerprint density at radius 2 is 1.79 bits per heavy atom. The van der Waals surface area contributed by atoms with Crippen LogP contribution in [0.3, 0.4) is 0 Å². The molecule has 0 spiro atoms. The van der Waals surface area contributed by atoms with Gasteiger partial charge in [0.05, 0.1) is 5.75 Å². The topological polar surface area (TPSA) is 82.6 Å². The van der Waals surface area contributed by atoms with Crippen molar-refractivity contribution in [3.63, 3.8) is 0 Å². The Labute approximate surface area is 191 Å². The highest BCUT2D eigenvalue weighted by Gasteiger charge is 2.11. The van der Waals surface area contributed by atoms with Gasteiger partial charge in [-0.25, -0.2) is 13.1 Å². The molecule has 0 aliphatic rings. The van der Waals surface area contributed by atoms with E-state index >= 15 is 0 Å². The van der Waals surface area contributed by atoms with Crippen molar-refractivity contribution in [1.82, 2.24) is 15.4 Å². The molecule has 0 saturated heterocycles. The van der Waals surface area contributed by atoms with Gasteiger partial charge in [-0.3, -0.25) is 4.99 Å². The number of guanidine groups is 1. The van der Waals surface area contributed by atoms with E-state index in [2.05, 4.69) is 58.5 Å². The van der Waals surface area contributed by atoms with Crippen molar-refractivity contribution < 1.29 is 8.42 Å². The molecule has 0 aromatic heterocycles. The van der Waals surface area contributed by atoms with Gasteiger partial charge in [0.1, 0.15) is 0 Å². The summed E-state index contributed by atoms with van der Waals surface area (Å²) in [6.07, 6.45) is 0. The zero-order valence-electron chi connectivity index (χ0n) is 17.2. The third kappa shape index (κ3) is 9.60. The van der Waals surface area contributed by atoms with Gasteiger partial charge in [0.2, 0.25) is 10.0 Å². The zero-order valence-corrected chi connectivity index (χ0v) is 20.3. The molecule has 160 valence electrons. The molecule has 0 radical (unpaired) electrons. The van der Waals surface area contributed by atoms with Gasteiger partial charge in [-0.2, -0.15) is 0 Å². The molecule has 2 aromatic rings. The maximum Gasteiger partial charge on any atom is 0.213 e. The molecular formula is C21H31IN4O2S. The molecule has 0 fully saturated rings. The van der Waals surface area contributed by atoms with E-state index in [9.17, 15) is 8.42 Å². The fraction of sp³-hybridized carbons (Fsp3) is 0.381. The van der Waals surface area contributed by atoms with Crippen LogP contribution in [0, 0.1) is 6.92 Å². The van der Waals surface area contributed by atoms with Crippen LogP contribution in [-0.2, 0) is 16.6 Å². The van der Waals surface area contributed by atoms with Gasteiger partial charge >= 0.3 is 0 Å². The molecule has 0 aliphatic heterocycles. The fourth-order valence-corrected chi connectivity index (χ4v) is 3.63. The molecule has 0 amide bonds. The summed E-state index contributed by atoms with van der Waals surface area (Å²) in [6.45, 7) is 5.51. The Kier molecular flexibility index (Phi) is 11.2. The quantitative estimate of drug-likeness (QED) is 0.265. The van der Waals surface area contributed by atoms with E-state index in [0.29, 0.717) is 25.0 Å². The summed E-state index contributed by atoms with van der Waals surface area (Å²) in [6, 6.07) is 17.9. The maximum atomic E-state index is 12.1. The molecule has 0 aliphatic carbocycles. The number of hydrogen-bond donors (Lipinski definition) is 3. The first kappa shape index (κ1) is 25.4. The predicted molar refractivity (Wildman–Crippen MR) is 131 cm³/mol. The number of aryl methyl sites for hydroxylation is 1. The summed E-state index contributed by atoms with van der Waals surface area (Å²) in [5.41, 5.74) is 3.43. The number of hydrogen-bond acceptors (Lipinski definition) is 3. The van der Waals surface area contributed by atoms with Crippen LogP contribution in [0.15, 0.2) is 59.6 Å². The highest BCUT2D eigenvalue weighted by atomic mass is 127. The van der Waals surface area contributed by atoms with E-state index in [1.165, 1.54) is 11.1 Å². The highest BCUT2D eigenvalue weighted by Crippen LogP contribution is 2.15. The predicted octanol–water partition coefficient (Wildman–Crippen LogP) is 3.00. The molecule has 0 saturated carbocycles. The second-order valence-corrected chi connectivity index (χ2v) is 8.75. The first-order chi connectivity index (χ1) is 13.4. The maximum absolute atomic E-state index is 12.1. The van der Waals surface area contributed by atoms with E-state index in [0.717, 1.165) is 5.56 Å². The van der Waals surface area contributed by atoms with Gasteiger partial charge in [0, 0.05) is 26.7 Å². The molecule has 29 heavy (non-hydrogen) atoms. The summed E-state index contributed by atoms with van der Waals surface area (Å²) >= 11 is 0. The average molecular weight is 530 g/mol. The third-order valence-corrected chi connectivity index (χ3v) is 5.74. The van der Waals surface area contributed by atoms with E-state index in [-0.39, 0.29) is 36.3 Å². The van der Waals surface area contributed by atoms with Gasteiger partial charge in [0.15, 0.2) is 5.96 Å². The number of benzene rings is 2. The molecule has 2 rings (SSSR count). The van der Waals surface area contributed by atoms with Crippen molar-refractivity contribution in [2.75, 3.05) is 25.9 Å². The van der Waals surface area contributed by atoms with Crippen LogP contribution in [0.25, 0.3) is 0 Å². The fourth-order valence-electron chi connectivity index (χ4n) is 2.73. The van der Waals surface area contributed by atoms with Gasteiger partial charge in [0.25, 0.3) is 0 Å². The van der Waals surface area contributed by atoms with Gasteiger partial charge in [-0.1, -0.05) is 67.1 Å². The molecular weight excluding hydrogens is 499 g/mol. The Hall–Kier alpha value is -1.65. The molecule has 0 heterocycles. The van der Waals surface area contributed by atoms with Crippen molar-refractivity contribution in [1.29, 1.82) is 0 Å². The zero-order chi connectivity index (χ0) is 20.4. The largest absolute Gasteiger partial charge is 0.356 e. The van der Waals surface area contributed by atoms with E-state index in [1.54, 1.807) is 7.05 Å². The SMILES string of the molecule is CN=C(NCCS(=O)(=O)NCc1ccccc1)NCC(C)c1cccc(C)c1.I. The van der Waals surface area contributed by atoms with E-state index < -0.39 is 10.0 Å². The molecule has 1 atom stereocenters. The van der Waals surface area contributed by atoms with Gasteiger partial charge in [-0.15, -0.1) is 24.0 Å². The first-order valence-corrected chi connectivity index (χ1v) is 11.1. The molecule has 6 nitrogen and oxygen atoms in total. The monoisotopic (exact) mass is 530 g/mol. The second-order valence-electron chi connectivity index (χ2n) is 6.82. The van der Waals surface area contributed by atoms with Crippen LogP contribution in [0.2, 0.25) is 0 Å². The number of halogens is 1. The molecule has 0 bridgehead atoms. The number of nitrogens with one attached hydrogen (secondary N) is 3. The lowest BCUT2D eigenvalue weighted by Crippen LogP contribution is -2.42. The Morgan fingerprint density at radius 3 is 2.45 bits per heavy atom. The minimum absolute atomic E-state index is 0. The van der Waals surface area contributed by atoms with Crippen molar-refractivity contribution in [2.24, 2.45) is 4.99 Å². The second kappa shape index (κ2) is 12.8. The van der Waals surface area contributed by atoms with Gasteiger partial charge in [-0.05, 0) is 24.0 Å². The molecule has 3 N–H and O–H groups in total. The van der Waals surface area contributed by atoms with Crippen LogP contribution in [0.1, 0.15) is 29.5 Å². The summed E-state index contributed by atoms with van der Waals surface area (Å²) in [7, 11) is -1.68. The summed E-state index contributed by atoms with van der Waals surface area (Å²) < 4.78 is 26.9. The van der Waals surface area contributed by atoms with E-state index in [1.807, 2.05) is 30.3 Å². The van der Waals surface area contributed by atoms with Crippen LogP contribution < -0.4 is 15.4 Å². The summed E-state index contributed by atoms with van der Waals surface area (Å²) in [5.74, 6) is 0.890. The van der Waals surface area contributed by atoms with E-state index in [4.69, 9.17) is 0 Å². The minimum Gasteiger partial charge on any atom is -0.356 e. The van der Waals surface area contributed by atoms with Crippen LogP contribution in [0.4, 0.5) is 0 Å². The standard InChI is InChI=1S/C21H30N4O2S.HI/c1-17-8-7-11-20(14-17)18(2)15-24-21(22-3)23-12-13-28(26,27)25-16-19-9-5-4-6-10-19;/h4-11,14,18,25H,12-13,15-16H2,1-3H3,(H2,22,23,24);1H.